The zero-order chi connectivity index (χ0) is 19.3. The molecule has 0 bridgehead atoms. The van der Waals surface area contributed by atoms with Crippen molar-refractivity contribution in [2.45, 2.75) is 103 Å². The number of esters is 1. The van der Waals surface area contributed by atoms with Gasteiger partial charge in [-0.1, -0.05) is 26.7 Å². The fourth-order valence-corrected chi connectivity index (χ4v) is 3.14. The van der Waals surface area contributed by atoms with E-state index in [0.29, 0.717) is 25.4 Å². The number of ether oxygens (including phenoxy) is 4. The predicted octanol–water partition coefficient (Wildman–Crippen LogP) is 1.78. The van der Waals surface area contributed by atoms with E-state index in [0.717, 1.165) is 12.8 Å². The van der Waals surface area contributed by atoms with E-state index in [-0.39, 0.29) is 30.7 Å². The van der Waals surface area contributed by atoms with E-state index in [1.54, 1.807) is 6.92 Å². The van der Waals surface area contributed by atoms with Gasteiger partial charge in [0.2, 0.25) is 0 Å². The van der Waals surface area contributed by atoms with Gasteiger partial charge < -0.3 is 29.2 Å². The molecule has 26 heavy (non-hydrogen) atoms. The van der Waals surface area contributed by atoms with Crippen molar-refractivity contribution in [2.24, 2.45) is 5.92 Å². The molecule has 0 aromatic rings. The lowest BCUT2D eigenvalue weighted by atomic mass is 10.0. The Hall–Kier alpha value is -0.730. The average molecular weight is 374 g/mol. The van der Waals surface area contributed by atoms with Crippen molar-refractivity contribution < 1.29 is 34.0 Å². The van der Waals surface area contributed by atoms with Crippen molar-refractivity contribution in [3.8, 4) is 0 Å². The van der Waals surface area contributed by atoms with Gasteiger partial charge in [0.05, 0.1) is 31.0 Å². The quantitative estimate of drug-likeness (QED) is 0.444. The third kappa shape index (κ3) is 6.16. The SMILES string of the molecule is CCC(CC)COC(=O)[C@H]1O[C@@H]1CC[C@@H](C)O[C@@H]1O[C@@H](C)[C@H](O)C[C@H]1O. The maximum absolute atomic E-state index is 12.0. The number of hydrogen-bond donors (Lipinski definition) is 2. The molecule has 2 saturated heterocycles. The van der Waals surface area contributed by atoms with Crippen LogP contribution >= 0.6 is 0 Å². The van der Waals surface area contributed by atoms with Crippen molar-refractivity contribution in [1.29, 1.82) is 0 Å². The molecule has 0 spiro atoms. The maximum atomic E-state index is 12.0. The molecule has 2 rings (SSSR count). The maximum Gasteiger partial charge on any atom is 0.338 e. The molecule has 2 fully saturated rings. The molecular formula is C19H34O7. The molecule has 0 aliphatic carbocycles. The number of carbonyl (C=O) groups is 1. The summed E-state index contributed by atoms with van der Waals surface area (Å²) in [6.07, 6.45) is 0.281. The Morgan fingerprint density at radius 3 is 2.54 bits per heavy atom. The first-order valence-corrected chi connectivity index (χ1v) is 9.84. The van der Waals surface area contributed by atoms with E-state index >= 15 is 0 Å². The molecule has 7 heteroatoms. The number of epoxide rings is 1. The number of hydrogen-bond acceptors (Lipinski definition) is 7. The Morgan fingerprint density at radius 2 is 1.88 bits per heavy atom. The van der Waals surface area contributed by atoms with Crippen LogP contribution in [-0.4, -0.2) is 65.7 Å². The minimum absolute atomic E-state index is 0.117. The molecular weight excluding hydrogens is 340 g/mol. The van der Waals surface area contributed by atoms with Gasteiger partial charge in [-0.15, -0.1) is 0 Å². The molecule has 0 saturated carbocycles. The summed E-state index contributed by atoms with van der Waals surface area (Å²) in [4.78, 5) is 12.0. The molecule has 2 aliphatic heterocycles. The van der Waals surface area contributed by atoms with Crippen LogP contribution in [0.3, 0.4) is 0 Å². The van der Waals surface area contributed by atoms with Gasteiger partial charge in [-0.05, 0) is 32.6 Å². The van der Waals surface area contributed by atoms with Crippen molar-refractivity contribution in [2.75, 3.05) is 6.61 Å². The molecule has 0 unspecified atom stereocenters. The molecule has 152 valence electrons. The highest BCUT2D eigenvalue weighted by molar-refractivity contribution is 5.77. The number of carbonyl (C=O) groups excluding carboxylic acids is 1. The van der Waals surface area contributed by atoms with Crippen molar-refractivity contribution in [3.05, 3.63) is 0 Å². The normalized spacial score (nSPS) is 35.3. The highest BCUT2D eigenvalue weighted by Gasteiger charge is 2.46. The van der Waals surface area contributed by atoms with Gasteiger partial charge in [0, 0.05) is 6.42 Å². The third-order valence-corrected chi connectivity index (χ3v) is 5.34. The van der Waals surface area contributed by atoms with E-state index in [2.05, 4.69) is 13.8 Å². The van der Waals surface area contributed by atoms with Gasteiger partial charge in [0.1, 0.15) is 6.10 Å². The number of aliphatic hydroxyl groups is 2. The summed E-state index contributed by atoms with van der Waals surface area (Å²) in [5.41, 5.74) is 0. The summed E-state index contributed by atoms with van der Waals surface area (Å²) in [6, 6.07) is 0. The van der Waals surface area contributed by atoms with Gasteiger partial charge in [-0.3, -0.25) is 0 Å². The lowest BCUT2D eigenvalue weighted by Crippen LogP contribution is -2.48. The van der Waals surface area contributed by atoms with Crippen LogP contribution < -0.4 is 0 Å². The Bertz CT molecular complexity index is 440. The van der Waals surface area contributed by atoms with E-state index in [4.69, 9.17) is 18.9 Å². The summed E-state index contributed by atoms with van der Waals surface area (Å²) in [5, 5.41) is 19.6. The summed E-state index contributed by atoms with van der Waals surface area (Å²) in [6.45, 7) is 8.30. The molecule has 7 atom stereocenters. The monoisotopic (exact) mass is 374 g/mol. The lowest BCUT2D eigenvalue weighted by Gasteiger charge is -2.36. The van der Waals surface area contributed by atoms with Gasteiger partial charge in [-0.25, -0.2) is 4.79 Å². The minimum Gasteiger partial charge on any atom is -0.463 e. The van der Waals surface area contributed by atoms with Crippen molar-refractivity contribution >= 4 is 5.97 Å². The molecule has 0 aromatic heterocycles. The lowest BCUT2D eigenvalue weighted by molar-refractivity contribution is -0.273. The molecule has 0 aromatic carbocycles. The van der Waals surface area contributed by atoms with E-state index in [9.17, 15) is 15.0 Å². The van der Waals surface area contributed by atoms with Crippen LogP contribution in [0.4, 0.5) is 0 Å². The van der Waals surface area contributed by atoms with Crippen LogP contribution in [0.5, 0.6) is 0 Å². The topological polar surface area (TPSA) is 97.8 Å². The van der Waals surface area contributed by atoms with Crippen LogP contribution in [0.2, 0.25) is 0 Å². The molecule has 2 aliphatic rings. The van der Waals surface area contributed by atoms with Crippen LogP contribution in [0, 0.1) is 5.92 Å². The van der Waals surface area contributed by atoms with Crippen molar-refractivity contribution in [1.82, 2.24) is 0 Å². The first-order valence-electron chi connectivity index (χ1n) is 9.84. The molecule has 2 N–H and O–H groups in total. The second kappa shape index (κ2) is 9.99. The van der Waals surface area contributed by atoms with E-state index < -0.39 is 24.6 Å². The van der Waals surface area contributed by atoms with Gasteiger partial charge in [0.15, 0.2) is 12.4 Å². The van der Waals surface area contributed by atoms with E-state index in [1.807, 2.05) is 6.92 Å². The third-order valence-electron chi connectivity index (χ3n) is 5.34. The van der Waals surface area contributed by atoms with Gasteiger partial charge >= 0.3 is 5.97 Å². The van der Waals surface area contributed by atoms with Crippen LogP contribution in [0.15, 0.2) is 0 Å². The second-order valence-corrected chi connectivity index (χ2v) is 7.51. The highest BCUT2D eigenvalue weighted by Crippen LogP contribution is 2.30. The van der Waals surface area contributed by atoms with Crippen LogP contribution in [0.25, 0.3) is 0 Å². The summed E-state index contributed by atoms with van der Waals surface area (Å²) < 4.78 is 22.0. The Labute approximate surface area is 156 Å². The smallest absolute Gasteiger partial charge is 0.338 e. The molecule has 2 heterocycles. The molecule has 7 nitrogen and oxygen atoms in total. The Morgan fingerprint density at radius 1 is 1.19 bits per heavy atom. The first-order chi connectivity index (χ1) is 12.3. The van der Waals surface area contributed by atoms with Gasteiger partial charge in [0.25, 0.3) is 0 Å². The Kier molecular flexibility index (Phi) is 8.29. The zero-order valence-electron chi connectivity index (χ0n) is 16.3. The number of rotatable bonds is 10. The average Bonchev–Trinajstić information content (AvgIpc) is 3.38. The highest BCUT2D eigenvalue weighted by atomic mass is 16.7. The summed E-state index contributed by atoms with van der Waals surface area (Å²) >= 11 is 0. The standard InChI is InChI=1S/C19H34O7/c1-5-13(6-2)10-23-18(22)17-16(26-17)8-7-11(3)24-19-15(21)9-14(20)12(4)25-19/h11-17,19-21H,5-10H2,1-4H3/t11-,12+,14-,15-,16-,17+,19-/m1/s1. The molecule has 0 radical (unpaired) electrons. The Balaban J connectivity index is 1.63. The fourth-order valence-electron chi connectivity index (χ4n) is 3.14. The van der Waals surface area contributed by atoms with Crippen LogP contribution in [0.1, 0.15) is 59.8 Å². The number of aliphatic hydroxyl groups excluding tert-OH is 2. The van der Waals surface area contributed by atoms with E-state index in [1.165, 1.54) is 0 Å². The zero-order valence-corrected chi connectivity index (χ0v) is 16.3. The van der Waals surface area contributed by atoms with Gasteiger partial charge in [-0.2, -0.15) is 0 Å². The van der Waals surface area contributed by atoms with Crippen molar-refractivity contribution in [3.63, 3.8) is 0 Å². The molecule has 0 amide bonds. The summed E-state index contributed by atoms with van der Waals surface area (Å²) in [5.74, 6) is 0.136. The first kappa shape index (κ1) is 21.6. The largest absolute Gasteiger partial charge is 0.463 e. The fraction of sp³-hybridized carbons (Fsp3) is 0.947. The summed E-state index contributed by atoms with van der Waals surface area (Å²) in [7, 11) is 0. The van der Waals surface area contributed by atoms with Crippen LogP contribution in [-0.2, 0) is 23.7 Å². The minimum atomic E-state index is -0.839. The second-order valence-electron chi connectivity index (χ2n) is 7.51. The predicted molar refractivity (Wildman–Crippen MR) is 94.4 cm³/mol.